The number of aromatic hydroxyl groups is 1. The number of benzene rings is 2. The maximum Gasteiger partial charge on any atom is 0.276 e. The minimum atomic E-state index is -4.04. The monoisotopic (exact) mass is 501 g/mol. The summed E-state index contributed by atoms with van der Waals surface area (Å²) in [5.41, 5.74) is -0.433. The van der Waals surface area contributed by atoms with Crippen LogP contribution >= 0.6 is 0 Å². The van der Waals surface area contributed by atoms with Crippen LogP contribution in [0.25, 0.3) is 0 Å². The normalized spacial score (nSPS) is 17.8. The van der Waals surface area contributed by atoms with Crippen LogP contribution in [0.15, 0.2) is 65.6 Å². The number of H-pyrrole nitrogens is 1. The van der Waals surface area contributed by atoms with Gasteiger partial charge < -0.3 is 10.0 Å². The zero-order valence-electron chi connectivity index (χ0n) is 18.8. The molecule has 3 aromatic rings. The van der Waals surface area contributed by atoms with Gasteiger partial charge in [-0.1, -0.05) is 48.5 Å². The van der Waals surface area contributed by atoms with Crippen molar-refractivity contribution in [2.75, 3.05) is 12.8 Å². The first kappa shape index (κ1) is 24.6. The number of amides is 1. The molecule has 1 aliphatic heterocycles. The Morgan fingerprint density at radius 1 is 1.20 bits per heavy atom. The van der Waals surface area contributed by atoms with Crippen molar-refractivity contribution in [3.05, 3.63) is 93.7 Å². The lowest BCUT2D eigenvalue weighted by Crippen LogP contribution is -2.48. The van der Waals surface area contributed by atoms with Gasteiger partial charge in [0.15, 0.2) is 11.4 Å². The second kappa shape index (κ2) is 9.96. The molecule has 9 nitrogen and oxygen atoms in total. The van der Waals surface area contributed by atoms with Crippen molar-refractivity contribution >= 4 is 16.0 Å². The summed E-state index contributed by atoms with van der Waals surface area (Å²) in [6.07, 6.45) is 1.40. The van der Waals surface area contributed by atoms with Crippen LogP contribution < -0.4 is 5.43 Å². The topological polar surface area (TPSA) is 130 Å². The molecule has 0 unspecified atom stereocenters. The van der Waals surface area contributed by atoms with Crippen LogP contribution in [0.3, 0.4) is 0 Å². The van der Waals surface area contributed by atoms with Crippen molar-refractivity contribution in [1.82, 2.24) is 15.1 Å². The van der Waals surface area contributed by atoms with Crippen molar-refractivity contribution in [2.24, 2.45) is 0 Å². The summed E-state index contributed by atoms with van der Waals surface area (Å²) in [6, 6.07) is 13.9. The number of carbonyl (C=O) groups excluding carboxylic acids is 1. The van der Waals surface area contributed by atoms with Crippen molar-refractivity contribution < 1.29 is 26.9 Å². The molecule has 11 heteroatoms. The van der Waals surface area contributed by atoms with Gasteiger partial charge in [0.05, 0.1) is 18.5 Å². The molecule has 1 amide bonds. The number of hydrogen-bond donors (Lipinski definition) is 2. The summed E-state index contributed by atoms with van der Waals surface area (Å²) < 4.78 is 45.4. The highest BCUT2D eigenvalue weighted by Crippen LogP contribution is 2.38. The summed E-state index contributed by atoms with van der Waals surface area (Å²) in [4.78, 5) is 26.5. The molecule has 1 saturated heterocycles. The zero-order chi connectivity index (χ0) is 25.2. The Morgan fingerprint density at radius 2 is 1.89 bits per heavy atom. The molecular formula is C24H24FN3O6S. The van der Waals surface area contributed by atoms with E-state index in [-0.39, 0.29) is 12.1 Å². The molecule has 3 atom stereocenters. The second-order valence-electron chi connectivity index (χ2n) is 8.34. The molecule has 2 N–H and O–H groups in total. The number of hydrogen-bond acceptors (Lipinski definition) is 7. The Morgan fingerprint density at radius 3 is 2.57 bits per heavy atom. The lowest BCUT2D eigenvalue weighted by molar-refractivity contribution is 0.0524. The molecule has 0 bridgehead atoms. The van der Waals surface area contributed by atoms with E-state index in [1.807, 2.05) is 0 Å². The quantitative estimate of drug-likeness (QED) is 0.476. The van der Waals surface area contributed by atoms with Crippen LogP contribution in [0.5, 0.6) is 5.75 Å². The van der Waals surface area contributed by atoms with E-state index in [2.05, 4.69) is 10.2 Å². The predicted molar refractivity (Wildman–Crippen MR) is 125 cm³/mol. The number of aromatic nitrogens is 2. The van der Waals surface area contributed by atoms with Crippen molar-refractivity contribution in [1.29, 1.82) is 0 Å². The second-order valence-corrected chi connectivity index (χ2v) is 9.94. The molecule has 2 heterocycles. The molecule has 2 aromatic carbocycles. The molecular weight excluding hydrogens is 477 g/mol. The lowest BCUT2D eigenvalue weighted by Gasteiger charge is -2.36. The Labute approximate surface area is 201 Å². The molecule has 4 rings (SSSR count). The van der Waals surface area contributed by atoms with E-state index in [1.54, 1.807) is 42.5 Å². The largest absolute Gasteiger partial charge is 0.502 e. The number of aromatic amines is 1. The van der Waals surface area contributed by atoms with E-state index in [4.69, 9.17) is 4.18 Å². The van der Waals surface area contributed by atoms with Crippen LogP contribution in [-0.2, 0) is 14.3 Å². The van der Waals surface area contributed by atoms with Gasteiger partial charge in [-0.2, -0.15) is 13.5 Å². The average molecular weight is 502 g/mol. The minimum absolute atomic E-state index is 0.211. The number of halogens is 1. The van der Waals surface area contributed by atoms with E-state index < -0.39 is 56.8 Å². The third-order valence-corrected chi connectivity index (χ3v) is 6.57. The van der Waals surface area contributed by atoms with Gasteiger partial charge in [0.2, 0.25) is 5.43 Å². The van der Waals surface area contributed by atoms with E-state index in [1.165, 1.54) is 17.0 Å². The molecule has 0 radical (unpaired) electrons. The lowest BCUT2D eigenvalue weighted by atomic mass is 9.82. The van der Waals surface area contributed by atoms with Crippen LogP contribution in [0.1, 0.15) is 40.4 Å². The highest BCUT2D eigenvalue weighted by Gasteiger charge is 2.44. The average Bonchev–Trinajstić information content (AvgIpc) is 3.31. The summed E-state index contributed by atoms with van der Waals surface area (Å²) in [5.74, 6) is -2.96. The molecule has 0 spiro atoms. The highest BCUT2D eigenvalue weighted by molar-refractivity contribution is 7.86. The maximum absolute atomic E-state index is 15.1. The summed E-state index contributed by atoms with van der Waals surface area (Å²) in [6.45, 7) is 0.211. The van der Waals surface area contributed by atoms with Crippen LogP contribution in [0.2, 0.25) is 0 Å². The Kier molecular flexibility index (Phi) is 6.99. The molecule has 1 aromatic heterocycles. The fourth-order valence-corrected chi connectivity index (χ4v) is 5.19. The van der Waals surface area contributed by atoms with Crippen molar-refractivity contribution in [3.8, 4) is 5.75 Å². The van der Waals surface area contributed by atoms with E-state index in [0.717, 1.165) is 12.5 Å². The summed E-state index contributed by atoms with van der Waals surface area (Å²) >= 11 is 0. The first-order chi connectivity index (χ1) is 16.7. The van der Waals surface area contributed by atoms with Gasteiger partial charge in [-0.15, -0.1) is 0 Å². The third-order valence-electron chi connectivity index (χ3n) is 5.99. The predicted octanol–water partition coefficient (Wildman–Crippen LogP) is 2.40. The van der Waals surface area contributed by atoms with Crippen LogP contribution in [0, 0.1) is 5.82 Å². The number of likely N-dealkylation sites (tertiary alicyclic amines) is 1. The standard InChI is InChI=1S/C24H24FN3O6S/c1-35(32,33)34-23(20(15-8-3-2-4-9-15)16-10-5-6-11-17(16)25)18-12-7-13-28(18)24(31)21-22(30)19(29)14-26-27-21/h2-6,8-11,14,18,20,23H,7,12-13H2,1H3,(H,26,30)(H,27,29)/t18-,20+,23+/m1/s1. The number of carbonyl (C=O) groups is 1. The summed E-state index contributed by atoms with van der Waals surface area (Å²) in [5, 5.41) is 16.1. The summed E-state index contributed by atoms with van der Waals surface area (Å²) in [7, 11) is -4.04. The van der Waals surface area contributed by atoms with Crippen LogP contribution in [-0.4, -0.2) is 59.5 Å². The first-order valence-electron chi connectivity index (χ1n) is 10.9. The van der Waals surface area contributed by atoms with Crippen LogP contribution in [0.4, 0.5) is 4.39 Å². The zero-order valence-corrected chi connectivity index (χ0v) is 19.6. The molecule has 184 valence electrons. The Hall–Kier alpha value is -3.57. The van der Waals surface area contributed by atoms with Gasteiger partial charge >= 0.3 is 0 Å². The van der Waals surface area contributed by atoms with E-state index >= 15 is 4.39 Å². The van der Waals surface area contributed by atoms with Crippen molar-refractivity contribution in [3.63, 3.8) is 0 Å². The van der Waals surface area contributed by atoms with Gasteiger partial charge in [-0.25, -0.2) is 4.39 Å². The number of nitrogens with one attached hydrogen (secondary N) is 1. The smallest absolute Gasteiger partial charge is 0.276 e. The number of rotatable bonds is 7. The van der Waals surface area contributed by atoms with Gasteiger partial charge in [0.1, 0.15) is 11.9 Å². The van der Waals surface area contributed by atoms with Gasteiger partial charge in [-0.05, 0) is 30.0 Å². The fourth-order valence-electron chi connectivity index (χ4n) is 4.55. The Bertz CT molecular complexity index is 1380. The fraction of sp³-hybridized carbons (Fsp3) is 0.292. The first-order valence-corrected chi connectivity index (χ1v) is 12.7. The Balaban J connectivity index is 1.84. The SMILES string of the molecule is CS(=O)(=O)O[C@H]([C@@H](c1ccccc1)c1ccccc1F)[C@H]1CCCN1C(=O)c1[nH]ncc(=O)c1O. The maximum atomic E-state index is 15.1. The third kappa shape index (κ3) is 5.25. The highest BCUT2D eigenvalue weighted by atomic mass is 32.2. The van der Waals surface area contributed by atoms with E-state index in [0.29, 0.717) is 18.4 Å². The number of nitrogens with zero attached hydrogens (tertiary/aromatic N) is 2. The van der Waals surface area contributed by atoms with Gasteiger partial charge in [-0.3, -0.25) is 18.9 Å². The van der Waals surface area contributed by atoms with E-state index in [9.17, 15) is 23.1 Å². The molecule has 0 saturated carbocycles. The van der Waals surface area contributed by atoms with Gasteiger partial charge in [0.25, 0.3) is 16.0 Å². The van der Waals surface area contributed by atoms with Crippen molar-refractivity contribution in [2.45, 2.75) is 30.9 Å². The van der Waals surface area contributed by atoms with Gasteiger partial charge in [0, 0.05) is 12.5 Å². The molecule has 35 heavy (non-hydrogen) atoms. The molecule has 1 aliphatic rings. The minimum Gasteiger partial charge on any atom is -0.502 e. The molecule has 0 aliphatic carbocycles. The molecule has 1 fully saturated rings.